The lowest BCUT2D eigenvalue weighted by Crippen LogP contribution is -2.29. The molecule has 51 heavy (non-hydrogen) atoms. The molecule has 0 aromatic heterocycles. The monoisotopic (exact) mass is 740 g/mol. The zero-order valence-electron chi connectivity index (χ0n) is 32.3. The van der Waals surface area contributed by atoms with Gasteiger partial charge in [0.15, 0.2) is 6.10 Å². The van der Waals surface area contributed by atoms with Crippen molar-refractivity contribution in [3.05, 3.63) is 48.6 Å². The highest BCUT2D eigenvalue weighted by molar-refractivity contribution is 7.47. The Kier molecular flexibility index (Phi) is 36.2. The molecule has 0 aliphatic rings. The van der Waals surface area contributed by atoms with E-state index in [1.165, 1.54) is 89.9 Å². The molecule has 0 aliphatic carbocycles. The summed E-state index contributed by atoms with van der Waals surface area (Å²) >= 11 is 0. The Labute approximate surface area is 311 Å². The molecule has 10 heteroatoms. The molecule has 3 N–H and O–H groups in total. The lowest BCUT2D eigenvalue weighted by atomic mass is 10.0. The minimum atomic E-state index is -4.39. The van der Waals surface area contributed by atoms with Gasteiger partial charge >= 0.3 is 19.8 Å². The van der Waals surface area contributed by atoms with Crippen LogP contribution in [0.2, 0.25) is 0 Å². The van der Waals surface area contributed by atoms with Crippen molar-refractivity contribution in [1.29, 1.82) is 0 Å². The highest BCUT2D eigenvalue weighted by Gasteiger charge is 2.25. The van der Waals surface area contributed by atoms with Gasteiger partial charge in [-0.25, -0.2) is 4.57 Å². The molecule has 0 radical (unpaired) electrons. The van der Waals surface area contributed by atoms with Gasteiger partial charge in [0.05, 0.1) is 13.2 Å². The lowest BCUT2D eigenvalue weighted by molar-refractivity contribution is -0.161. The second kappa shape index (κ2) is 37.7. The van der Waals surface area contributed by atoms with Gasteiger partial charge in [-0.1, -0.05) is 152 Å². The maximum absolute atomic E-state index is 12.5. The van der Waals surface area contributed by atoms with E-state index < -0.39 is 32.5 Å². The molecule has 0 aliphatic heterocycles. The smallest absolute Gasteiger partial charge is 0.462 e. The van der Waals surface area contributed by atoms with Gasteiger partial charge in [0.2, 0.25) is 0 Å². The second-order valence-corrected chi connectivity index (χ2v) is 14.6. The summed E-state index contributed by atoms with van der Waals surface area (Å²) in [4.78, 5) is 34.7. The molecule has 0 fully saturated rings. The zero-order valence-corrected chi connectivity index (χ0v) is 33.2. The number of carbonyl (C=O) groups excluding carboxylic acids is 2. The quantitative estimate of drug-likeness (QED) is 0.0276. The van der Waals surface area contributed by atoms with Crippen LogP contribution in [-0.2, 0) is 32.7 Å². The van der Waals surface area contributed by atoms with Crippen LogP contribution in [0.25, 0.3) is 0 Å². The molecule has 0 aromatic rings. The number of esters is 2. The van der Waals surface area contributed by atoms with Crippen LogP contribution in [-0.4, -0.2) is 49.3 Å². The molecule has 2 atom stereocenters. The van der Waals surface area contributed by atoms with Gasteiger partial charge in [0.25, 0.3) is 0 Å². The zero-order chi connectivity index (χ0) is 37.5. The SMILES string of the molecule is CCCCCC=CCC=CCC=CCC=CCCCC(=O)O[C@H](COC(=O)CCCCCCCCCCCCCCC)COP(=O)(O)OCCN. The number of nitrogens with two attached hydrogens (primary N) is 1. The van der Waals surface area contributed by atoms with Crippen LogP contribution in [0.15, 0.2) is 48.6 Å². The molecule has 0 rings (SSSR count). The van der Waals surface area contributed by atoms with Crippen molar-refractivity contribution in [1.82, 2.24) is 0 Å². The van der Waals surface area contributed by atoms with Gasteiger partial charge in [-0.3, -0.25) is 18.6 Å². The summed E-state index contributed by atoms with van der Waals surface area (Å²) in [6, 6.07) is 0. The third kappa shape index (κ3) is 37.5. The van der Waals surface area contributed by atoms with Crippen LogP contribution < -0.4 is 5.73 Å². The van der Waals surface area contributed by atoms with Crippen molar-refractivity contribution in [2.24, 2.45) is 5.73 Å². The fourth-order valence-electron chi connectivity index (χ4n) is 5.21. The molecule has 1 unspecified atom stereocenters. The molecule has 0 bridgehead atoms. The molecule has 9 nitrogen and oxygen atoms in total. The van der Waals surface area contributed by atoms with Gasteiger partial charge in [-0.2, -0.15) is 0 Å². The van der Waals surface area contributed by atoms with Gasteiger partial charge < -0.3 is 20.1 Å². The number of hydrogen-bond acceptors (Lipinski definition) is 8. The number of allylic oxidation sites excluding steroid dienone is 8. The highest BCUT2D eigenvalue weighted by Crippen LogP contribution is 2.43. The van der Waals surface area contributed by atoms with E-state index >= 15 is 0 Å². The number of rotatable bonds is 37. The molecular weight excluding hydrogens is 665 g/mol. The number of unbranched alkanes of at least 4 members (excludes halogenated alkanes) is 16. The van der Waals surface area contributed by atoms with Crippen LogP contribution in [0.5, 0.6) is 0 Å². The molecule has 0 aromatic carbocycles. The molecule has 0 saturated carbocycles. The summed E-state index contributed by atoms with van der Waals surface area (Å²) < 4.78 is 32.6. The van der Waals surface area contributed by atoms with Crippen LogP contribution in [0.4, 0.5) is 0 Å². The van der Waals surface area contributed by atoms with Crippen molar-refractivity contribution in [2.75, 3.05) is 26.4 Å². The Hall–Kier alpha value is -2.03. The second-order valence-electron chi connectivity index (χ2n) is 13.2. The summed E-state index contributed by atoms with van der Waals surface area (Å²) in [6.07, 6.45) is 41.4. The predicted octanol–water partition coefficient (Wildman–Crippen LogP) is 11.2. The van der Waals surface area contributed by atoms with Gasteiger partial charge in [-0.15, -0.1) is 0 Å². The summed E-state index contributed by atoms with van der Waals surface area (Å²) in [5, 5.41) is 0. The van der Waals surface area contributed by atoms with E-state index in [1.54, 1.807) is 0 Å². The Morgan fingerprint density at radius 1 is 0.588 bits per heavy atom. The predicted molar refractivity (Wildman–Crippen MR) is 210 cm³/mol. The van der Waals surface area contributed by atoms with Crippen LogP contribution in [0.1, 0.15) is 168 Å². The van der Waals surface area contributed by atoms with Crippen molar-refractivity contribution >= 4 is 19.8 Å². The first kappa shape index (κ1) is 49.0. The third-order valence-electron chi connectivity index (χ3n) is 8.22. The van der Waals surface area contributed by atoms with Crippen LogP contribution in [0, 0.1) is 0 Å². The minimum Gasteiger partial charge on any atom is -0.462 e. The van der Waals surface area contributed by atoms with E-state index in [0.717, 1.165) is 38.5 Å². The van der Waals surface area contributed by atoms with E-state index in [-0.39, 0.29) is 32.6 Å². The van der Waals surface area contributed by atoms with Crippen LogP contribution in [0.3, 0.4) is 0 Å². The molecule has 0 heterocycles. The maximum atomic E-state index is 12.5. The summed E-state index contributed by atoms with van der Waals surface area (Å²) in [6.45, 7) is 3.63. The van der Waals surface area contributed by atoms with Crippen molar-refractivity contribution in [3.8, 4) is 0 Å². The van der Waals surface area contributed by atoms with E-state index in [1.807, 2.05) is 6.08 Å². The lowest BCUT2D eigenvalue weighted by Gasteiger charge is -2.19. The highest BCUT2D eigenvalue weighted by atomic mass is 31.2. The largest absolute Gasteiger partial charge is 0.472 e. The fourth-order valence-corrected chi connectivity index (χ4v) is 5.98. The molecule has 0 saturated heterocycles. The van der Waals surface area contributed by atoms with Gasteiger partial charge in [0.1, 0.15) is 6.61 Å². The van der Waals surface area contributed by atoms with Gasteiger partial charge in [-0.05, 0) is 51.4 Å². The Bertz CT molecular complexity index is 981. The average molecular weight is 740 g/mol. The first-order chi connectivity index (χ1) is 24.8. The summed E-state index contributed by atoms with van der Waals surface area (Å²) in [5.74, 6) is -0.895. The number of phosphoric acid groups is 1. The van der Waals surface area contributed by atoms with Crippen molar-refractivity contribution in [3.63, 3.8) is 0 Å². The topological polar surface area (TPSA) is 134 Å². The molecule has 0 spiro atoms. The third-order valence-corrected chi connectivity index (χ3v) is 9.20. The van der Waals surface area contributed by atoms with Crippen molar-refractivity contribution in [2.45, 2.75) is 174 Å². The van der Waals surface area contributed by atoms with E-state index in [2.05, 4.69) is 56.4 Å². The Morgan fingerprint density at radius 3 is 1.57 bits per heavy atom. The van der Waals surface area contributed by atoms with E-state index in [4.69, 9.17) is 24.3 Å². The summed E-state index contributed by atoms with van der Waals surface area (Å²) in [5.41, 5.74) is 5.33. The van der Waals surface area contributed by atoms with Crippen molar-refractivity contribution < 1.29 is 37.6 Å². The van der Waals surface area contributed by atoms with E-state index in [9.17, 15) is 19.0 Å². The first-order valence-electron chi connectivity index (χ1n) is 20.1. The van der Waals surface area contributed by atoms with Crippen LogP contribution >= 0.6 is 7.82 Å². The summed E-state index contributed by atoms with van der Waals surface area (Å²) in [7, 11) is -4.39. The maximum Gasteiger partial charge on any atom is 0.472 e. The minimum absolute atomic E-state index is 0.0442. The average Bonchev–Trinajstić information content (AvgIpc) is 3.11. The Balaban J connectivity index is 4.30. The molecule has 0 amide bonds. The fraction of sp³-hybridized carbons (Fsp3) is 0.756. The number of phosphoric ester groups is 1. The number of ether oxygens (including phenoxy) is 2. The van der Waals surface area contributed by atoms with Gasteiger partial charge in [0, 0.05) is 19.4 Å². The number of hydrogen-bond donors (Lipinski definition) is 2. The Morgan fingerprint density at radius 2 is 1.04 bits per heavy atom. The molecular formula is C41H74NO8P. The molecule has 296 valence electrons. The van der Waals surface area contributed by atoms with E-state index in [0.29, 0.717) is 12.8 Å². The number of carbonyl (C=O) groups is 2. The normalized spacial score (nSPS) is 13.9. The standard InChI is InChI=1S/C41H74NO8P/c1-3-5-7-9-11-13-15-17-18-19-20-22-24-26-28-30-32-34-41(44)50-39(38-49-51(45,46)48-36-35-42)37-47-40(43)33-31-29-27-25-23-21-16-14-12-10-8-6-4-2/h11,13,17-18,20,22,26,28,39H,3-10,12,14-16,19,21,23-25,27,29-38,42H2,1-2H3,(H,45,46)/t39-/m1/s1. The first-order valence-corrected chi connectivity index (χ1v) is 21.6.